The van der Waals surface area contributed by atoms with Crippen LogP contribution in [0.5, 0.6) is 5.75 Å². The monoisotopic (exact) mass is 520 g/mol. The number of benzene rings is 2. The molecule has 0 aliphatic rings. The Labute approximate surface area is 226 Å². The van der Waals surface area contributed by atoms with Crippen molar-refractivity contribution in [2.45, 2.75) is 13.8 Å². The molecule has 4 rings (SSSR count). The number of anilines is 1. The molecule has 0 bridgehead atoms. The number of amides is 2. The number of hydrogen-bond donors (Lipinski definition) is 4. The fraction of sp³-hybridized carbons (Fsp3) is 0.167. The molecule has 5 N–H and O–H groups in total. The lowest BCUT2D eigenvalue weighted by Crippen LogP contribution is -2.38. The van der Waals surface area contributed by atoms with Crippen LogP contribution in [-0.2, 0) is 0 Å². The van der Waals surface area contributed by atoms with Crippen LogP contribution in [-0.4, -0.2) is 40.0 Å². The Hall–Kier alpha value is -5.07. The number of phenols is 1. The number of phenolic OH excluding ortho intramolecular Hbond substituents is 1. The first-order valence-corrected chi connectivity index (χ1v) is 12.3. The molecule has 196 valence electrons. The van der Waals surface area contributed by atoms with Crippen LogP contribution in [0, 0.1) is 16.7 Å². The minimum atomic E-state index is -0.475. The second-order valence-electron chi connectivity index (χ2n) is 9.73. The molecule has 2 aromatic carbocycles. The molecule has 0 fully saturated rings. The fourth-order valence-electron chi connectivity index (χ4n) is 3.81. The Morgan fingerprint density at radius 3 is 2.41 bits per heavy atom. The van der Waals surface area contributed by atoms with Crippen molar-refractivity contribution in [3.8, 4) is 34.2 Å². The van der Waals surface area contributed by atoms with Gasteiger partial charge in [-0.05, 0) is 60.0 Å². The van der Waals surface area contributed by atoms with Crippen molar-refractivity contribution in [3.05, 3.63) is 95.8 Å². The van der Waals surface area contributed by atoms with E-state index >= 15 is 0 Å². The predicted molar refractivity (Wildman–Crippen MR) is 149 cm³/mol. The number of nitriles is 1. The summed E-state index contributed by atoms with van der Waals surface area (Å²) in [6, 6.07) is 20.4. The lowest BCUT2D eigenvalue weighted by molar-refractivity contribution is 0.0937. The summed E-state index contributed by atoms with van der Waals surface area (Å²) in [5, 5.41) is 26.3. The number of aromatic nitrogens is 2. The number of nitrogens with zero attached hydrogens (tertiary/aromatic N) is 3. The first kappa shape index (κ1) is 27.0. The zero-order chi connectivity index (χ0) is 28.0. The molecule has 9 heteroatoms. The summed E-state index contributed by atoms with van der Waals surface area (Å²) in [4.78, 5) is 34.3. The van der Waals surface area contributed by atoms with Crippen molar-refractivity contribution in [1.82, 2.24) is 15.3 Å². The van der Waals surface area contributed by atoms with Gasteiger partial charge in [-0.3, -0.25) is 14.6 Å². The normalized spacial score (nSPS) is 10.9. The lowest BCUT2D eigenvalue weighted by atomic mass is 9.93. The van der Waals surface area contributed by atoms with Gasteiger partial charge in [-0.25, -0.2) is 4.98 Å². The van der Waals surface area contributed by atoms with E-state index in [0.717, 1.165) is 0 Å². The van der Waals surface area contributed by atoms with E-state index in [1.54, 1.807) is 60.7 Å². The Bertz CT molecular complexity index is 1560. The van der Waals surface area contributed by atoms with Gasteiger partial charge in [0.2, 0.25) is 0 Å². The Morgan fingerprint density at radius 1 is 0.974 bits per heavy atom. The summed E-state index contributed by atoms with van der Waals surface area (Å²) in [5.41, 5.74) is 8.12. The lowest BCUT2D eigenvalue weighted by Gasteiger charge is -2.22. The Morgan fingerprint density at radius 2 is 1.72 bits per heavy atom. The van der Waals surface area contributed by atoms with Crippen LogP contribution in [0.25, 0.3) is 22.4 Å². The first-order chi connectivity index (χ1) is 18.7. The molecule has 2 heterocycles. The smallest absolute Gasteiger partial charge is 0.256 e. The zero-order valence-electron chi connectivity index (χ0n) is 21.6. The van der Waals surface area contributed by atoms with Crippen LogP contribution in [0.2, 0.25) is 0 Å². The van der Waals surface area contributed by atoms with Crippen LogP contribution in [0.4, 0.5) is 5.82 Å². The van der Waals surface area contributed by atoms with Crippen molar-refractivity contribution in [2.24, 2.45) is 11.1 Å². The molecule has 2 aromatic heterocycles. The summed E-state index contributed by atoms with van der Waals surface area (Å²) in [7, 11) is 0. The van der Waals surface area contributed by atoms with Gasteiger partial charge in [0.25, 0.3) is 11.8 Å². The molecule has 9 nitrogen and oxygen atoms in total. The summed E-state index contributed by atoms with van der Waals surface area (Å²) >= 11 is 0. The molecular weight excluding hydrogens is 492 g/mol. The predicted octanol–water partition coefficient (Wildman–Crippen LogP) is 4.35. The number of aromatic hydroxyl groups is 1. The van der Waals surface area contributed by atoms with E-state index in [1.165, 1.54) is 18.5 Å². The maximum absolute atomic E-state index is 13.0. The van der Waals surface area contributed by atoms with Gasteiger partial charge in [-0.1, -0.05) is 38.1 Å². The second-order valence-corrected chi connectivity index (χ2v) is 9.73. The number of nitrogens with two attached hydrogens (primary N) is 1. The molecular formula is C30H28N6O3. The molecule has 2 amide bonds. The standard InChI is InChI=1S/C30H28N6O3/c1-30(2,17-32)18-34-28(38)21-7-5-6-20(14-21)23-15-25(22-8-3-4-9-26(22)37)35-27(24(23)16-31)36-29(39)19-10-12-33-13-11-19/h3-15,37H,17-18,32H2,1-2H3,(H,34,38)(H,35,36,39). The van der Waals surface area contributed by atoms with E-state index in [4.69, 9.17) is 5.73 Å². The average molecular weight is 521 g/mol. The van der Waals surface area contributed by atoms with Gasteiger partial charge in [-0.15, -0.1) is 0 Å². The van der Waals surface area contributed by atoms with Gasteiger partial charge < -0.3 is 21.5 Å². The Kier molecular flexibility index (Phi) is 7.98. The number of pyridine rings is 2. The fourth-order valence-corrected chi connectivity index (χ4v) is 3.81. The van der Waals surface area contributed by atoms with E-state index in [-0.39, 0.29) is 28.5 Å². The SMILES string of the molecule is CC(C)(CN)CNC(=O)c1cccc(-c2cc(-c3ccccc3O)nc(NC(=O)c3ccncc3)c2C#N)c1. The largest absolute Gasteiger partial charge is 0.507 e. The van der Waals surface area contributed by atoms with Crippen LogP contribution < -0.4 is 16.4 Å². The van der Waals surface area contributed by atoms with Gasteiger partial charge >= 0.3 is 0 Å². The highest BCUT2D eigenvalue weighted by atomic mass is 16.3. The third-order valence-electron chi connectivity index (χ3n) is 6.20. The summed E-state index contributed by atoms with van der Waals surface area (Å²) in [5.74, 6) is -0.743. The number of carbonyl (C=O) groups is 2. The maximum Gasteiger partial charge on any atom is 0.256 e. The first-order valence-electron chi connectivity index (χ1n) is 12.3. The molecule has 0 aliphatic heterocycles. The van der Waals surface area contributed by atoms with Crippen LogP contribution in [0.15, 0.2) is 79.1 Å². The van der Waals surface area contributed by atoms with Crippen molar-refractivity contribution >= 4 is 17.6 Å². The molecule has 0 radical (unpaired) electrons. The third-order valence-corrected chi connectivity index (χ3v) is 6.20. The van der Waals surface area contributed by atoms with E-state index < -0.39 is 5.91 Å². The van der Waals surface area contributed by atoms with E-state index in [1.807, 2.05) is 13.8 Å². The molecule has 4 aromatic rings. The van der Waals surface area contributed by atoms with Crippen molar-refractivity contribution in [1.29, 1.82) is 5.26 Å². The van der Waals surface area contributed by atoms with Crippen LogP contribution >= 0.6 is 0 Å². The van der Waals surface area contributed by atoms with Gasteiger partial charge in [0.15, 0.2) is 5.82 Å². The minimum Gasteiger partial charge on any atom is -0.507 e. The highest BCUT2D eigenvalue weighted by Crippen LogP contribution is 2.35. The number of rotatable bonds is 8. The van der Waals surface area contributed by atoms with Crippen molar-refractivity contribution < 1.29 is 14.7 Å². The van der Waals surface area contributed by atoms with Crippen molar-refractivity contribution in [3.63, 3.8) is 0 Å². The maximum atomic E-state index is 13.0. The molecule has 0 saturated carbocycles. The van der Waals surface area contributed by atoms with Gasteiger partial charge in [0, 0.05) is 41.2 Å². The molecule has 39 heavy (non-hydrogen) atoms. The second kappa shape index (κ2) is 11.5. The molecule has 0 aliphatic carbocycles. The summed E-state index contributed by atoms with van der Waals surface area (Å²) in [6.45, 7) is 4.73. The van der Waals surface area contributed by atoms with Crippen LogP contribution in [0.3, 0.4) is 0 Å². The van der Waals surface area contributed by atoms with Crippen LogP contribution in [0.1, 0.15) is 40.1 Å². The van der Waals surface area contributed by atoms with Gasteiger partial charge in [-0.2, -0.15) is 5.26 Å². The topological polar surface area (TPSA) is 154 Å². The number of hydrogen-bond acceptors (Lipinski definition) is 7. The molecule has 0 atom stereocenters. The van der Waals surface area contributed by atoms with Gasteiger partial charge in [0.05, 0.1) is 5.69 Å². The Balaban J connectivity index is 1.81. The highest BCUT2D eigenvalue weighted by molar-refractivity contribution is 6.05. The summed E-state index contributed by atoms with van der Waals surface area (Å²) < 4.78 is 0. The third kappa shape index (κ3) is 6.26. The van der Waals surface area contributed by atoms with Gasteiger partial charge in [0.1, 0.15) is 17.4 Å². The quantitative estimate of drug-likeness (QED) is 0.269. The molecule has 0 saturated heterocycles. The summed E-state index contributed by atoms with van der Waals surface area (Å²) in [6.07, 6.45) is 2.98. The molecule has 0 spiro atoms. The van der Waals surface area contributed by atoms with E-state index in [9.17, 15) is 20.0 Å². The van der Waals surface area contributed by atoms with E-state index in [0.29, 0.717) is 46.6 Å². The molecule has 0 unspecified atom stereocenters. The average Bonchev–Trinajstić information content (AvgIpc) is 2.96. The van der Waals surface area contributed by atoms with E-state index in [2.05, 4.69) is 26.7 Å². The zero-order valence-corrected chi connectivity index (χ0v) is 21.6. The van der Waals surface area contributed by atoms with Crippen molar-refractivity contribution in [2.75, 3.05) is 18.4 Å². The highest BCUT2D eigenvalue weighted by Gasteiger charge is 2.21. The number of carbonyl (C=O) groups excluding carboxylic acids is 2. The minimum absolute atomic E-state index is 0.0114. The number of para-hydroxylation sites is 1. The number of nitrogens with one attached hydrogen (secondary N) is 2.